The Hall–Kier alpha value is -2.89. The first-order valence-corrected chi connectivity index (χ1v) is 8.54. The van der Waals surface area contributed by atoms with E-state index in [0.717, 1.165) is 22.4 Å². The van der Waals surface area contributed by atoms with Crippen molar-refractivity contribution in [1.29, 1.82) is 0 Å². The van der Waals surface area contributed by atoms with Crippen LogP contribution in [0.5, 0.6) is 0 Å². The standard InChI is InChI=1S/C19H12Cl2N4O/c20-13-7-6-12(10-14(13)21)19-17(15-8-9-16(26)23-22-15)18(24-25-19)11-4-2-1-3-5-11/h1-10H,(H,23,26)(H,24,25). The molecule has 4 rings (SSSR count). The van der Waals surface area contributed by atoms with Gasteiger partial charge in [0.05, 0.1) is 27.0 Å². The van der Waals surface area contributed by atoms with Crippen LogP contribution < -0.4 is 5.56 Å². The summed E-state index contributed by atoms with van der Waals surface area (Å²) in [6, 6.07) is 18.2. The zero-order chi connectivity index (χ0) is 18.1. The minimum absolute atomic E-state index is 0.269. The van der Waals surface area contributed by atoms with E-state index in [-0.39, 0.29) is 5.56 Å². The lowest BCUT2D eigenvalue weighted by Gasteiger charge is -2.06. The van der Waals surface area contributed by atoms with E-state index in [1.165, 1.54) is 6.07 Å². The summed E-state index contributed by atoms with van der Waals surface area (Å²) in [6.45, 7) is 0. The fraction of sp³-hybridized carbons (Fsp3) is 0. The van der Waals surface area contributed by atoms with Gasteiger partial charge in [0.15, 0.2) is 0 Å². The van der Waals surface area contributed by atoms with Crippen molar-refractivity contribution < 1.29 is 0 Å². The highest BCUT2D eigenvalue weighted by Gasteiger charge is 2.20. The number of nitrogens with one attached hydrogen (secondary N) is 2. The third kappa shape index (κ3) is 3.03. The van der Waals surface area contributed by atoms with Crippen molar-refractivity contribution in [2.24, 2.45) is 0 Å². The van der Waals surface area contributed by atoms with E-state index in [4.69, 9.17) is 23.2 Å². The number of rotatable bonds is 3. The van der Waals surface area contributed by atoms with Crippen molar-refractivity contribution in [2.45, 2.75) is 0 Å². The normalized spacial score (nSPS) is 10.8. The smallest absolute Gasteiger partial charge is 0.264 e. The van der Waals surface area contributed by atoms with Gasteiger partial charge in [0, 0.05) is 17.2 Å². The number of nitrogens with zero attached hydrogens (tertiary/aromatic N) is 2. The van der Waals surface area contributed by atoms with Gasteiger partial charge in [-0.25, -0.2) is 5.10 Å². The van der Waals surface area contributed by atoms with Crippen molar-refractivity contribution in [1.82, 2.24) is 20.4 Å². The highest BCUT2D eigenvalue weighted by atomic mass is 35.5. The van der Waals surface area contributed by atoms with Crippen LogP contribution in [0.4, 0.5) is 0 Å². The average Bonchev–Trinajstić information content (AvgIpc) is 3.10. The summed E-state index contributed by atoms with van der Waals surface area (Å²) < 4.78 is 0. The van der Waals surface area contributed by atoms with Gasteiger partial charge in [0.1, 0.15) is 5.69 Å². The summed E-state index contributed by atoms with van der Waals surface area (Å²) in [6.07, 6.45) is 0. The Bertz CT molecular complexity index is 1120. The molecule has 0 spiro atoms. The number of H-pyrrole nitrogens is 2. The number of aromatic amines is 2. The first-order chi connectivity index (χ1) is 12.6. The van der Waals surface area contributed by atoms with Crippen molar-refractivity contribution >= 4 is 23.2 Å². The van der Waals surface area contributed by atoms with Gasteiger partial charge in [-0.3, -0.25) is 9.89 Å². The monoisotopic (exact) mass is 382 g/mol. The van der Waals surface area contributed by atoms with Crippen LogP contribution in [0.1, 0.15) is 0 Å². The predicted molar refractivity (Wildman–Crippen MR) is 103 cm³/mol. The summed E-state index contributed by atoms with van der Waals surface area (Å²) in [7, 11) is 0. The van der Waals surface area contributed by atoms with E-state index < -0.39 is 0 Å². The van der Waals surface area contributed by atoms with Gasteiger partial charge < -0.3 is 0 Å². The van der Waals surface area contributed by atoms with E-state index >= 15 is 0 Å². The van der Waals surface area contributed by atoms with E-state index in [1.54, 1.807) is 18.2 Å². The fourth-order valence-electron chi connectivity index (χ4n) is 2.74. The Morgan fingerprint density at radius 1 is 0.769 bits per heavy atom. The number of benzene rings is 2. The first-order valence-electron chi connectivity index (χ1n) is 7.79. The van der Waals surface area contributed by atoms with E-state index in [2.05, 4.69) is 20.4 Å². The molecule has 0 fully saturated rings. The van der Waals surface area contributed by atoms with Gasteiger partial charge in [-0.05, 0) is 18.2 Å². The molecule has 0 radical (unpaired) electrons. The average molecular weight is 383 g/mol. The predicted octanol–water partition coefficient (Wildman–Crippen LogP) is 4.80. The van der Waals surface area contributed by atoms with E-state index in [9.17, 15) is 4.79 Å². The lowest BCUT2D eigenvalue weighted by Crippen LogP contribution is -2.06. The van der Waals surface area contributed by atoms with Crippen molar-refractivity contribution in [3.8, 4) is 33.8 Å². The quantitative estimate of drug-likeness (QED) is 0.534. The fourth-order valence-corrected chi connectivity index (χ4v) is 3.04. The third-order valence-corrected chi connectivity index (χ3v) is 4.70. The molecule has 0 saturated carbocycles. The summed E-state index contributed by atoms with van der Waals surface area (Å²) in [5.41, 5.74) is 4.31. The molecule has 5 nitrogen and oxygen atoms in total. The Balaban J connectivity index is 1.97. The molecule has 0 bridgehead atoms. The van der Waals surface area contributed by atoms with Crippen LogP contribution in [-0.4, -0.2) is 20.4 Å². The number of hydrogen-bond donors (Lipinski definition) is 2. The molecule has 4 aromatic rings. The topological polar surface area (TPSA) is 74.4 Å². The molecule has 0 aliphatic heterocycles. The zero-order valence-electron chi connectivity index (χ0n) is 13.3. The second kappa shape index (κ2) is 6.78. The molecule has 0 aliphatic carbocycles. The molecule has 2 heterocycles. The maximum Gasteiger partial charge on any atom is 0.264 e. The lowest BCUT2D eigenvalue weighted by molar-refractivity contribution is 0.996. The van der Waals surface area contributed by atoms with Crippen LogP contribution in [0.15, 0.2) is 65.5 Å². The minimum Gasteiger partial charge on any atom is -0.277 e. The first kappa shape index (κ1) is 16.6. The van der Waals surface area contributed by atoms with Gasteiger partial charge >= 0.3 is 0 Å². The van der Waals surface area contributed by atoms with Crippen LogP contribution in [-0.2, 0) is 0 Å². The molecule has 0 atom stereocenters. The summed E-state index contributed by atoms with van der Waals surface area (Å²) in [4.78, 5) is 11.4. The lowest BCUT2D eigenvalue weighted by atomic mass is 9.99. The van der Waals surface area contributed by atoms with Crippen LogP contribution in [0.3, 0.4) is 0 Å². The van der Waals surface area contributed by atoms with E-state index in [0.29, 0.717) is 21.4 Å². The molecule has 2 aromatic heterocycles. The molecular formula is C19H12Cl2N4O. The van der Waals surface area contributed by atoms with Crippen molar-refractivity contribution in [3.05, 3.63) is 81.1 Å². The Kier molecular flexibility index (Phi) is 4.32. The Morgan fingerprint density at radius 2 is 1.58 bits per heavy atom. The molecule has 0 aliphatic rings. The summed E-state index contributed by atoms with van der Waals surface area (Å²) >= 11 is 12.2. The number of hydrogen-bond acceptors (Lipinski definition) is 3. The van der Waals surface area contributed by atoms with Gasteiger partial charge in [0.2, 0.25) is 0 Å². The molecule has 7 heteroatoms. The molecule has 0 amide bonds. The van der Waals surface area contributed by atoms with Gasteiger partial charge in [0.25, 0.3) is 5.56 Å². The maximum absolute atomic E-state index is 11.4. The largest absolute Gasteiger partial charge is 0.277 e. The zero-order valence-corrected chi connectivity index (χ0v) is 14.8. The molecular weight excluding hydrogens is 371 g/mol. The van der Waals surface area contributed by atoms with Gasteiger partial charge in [-0.2, -0.15) is 10.2 Å². The minimum atomic E-state index is -0.269. The maximum atomic E-state index is 11.4. The van der Waals surface area contributed by atoms with E-state index in [1.807, 2.05) is 36.4 Å². The van der Waals surface area contributed by atoms with Crippen LogP contribution >= 0.6 is 23.2 Å². The third-order valence-electron chi connectivity index (χ3n) is 3.96. The van der Waals surface area contributed by atoms with Gasteiger partial charge in [-0.15, -0.1) is 0 Å². The van der Waals surface area contributed by atoms with Crippen LogP contribution in [0.2, 0.25) is 10.0 Å². The van der Waals surface area contributed by atoms with Crippen LogP contribution in [0, 0.1) is 0 Å². The molecule has 0 saturated heterocycles. The molecule has 2 N–H and O–H groups in total. The second-order valence-corrected chi connectivity index (χ2v) is 6.44. The second-order valence-electron chi connectivity index (χ2n) is 5.62. The highest BCUT2D eigenvalue weighted by molar-refractivity contribution is 6.42. The Labute approximate surface area is 158 Å². The van der Waals surface area contributed by atoms with Crippen molar-refractivity contribution in [3.63, 3.8) is 0 Å². The highest BCUT2D eigenvalue weighted by Crippen LogP contribution is 2.38. The molecule has 128 valence electrons. The molecule has 2 aromatic carbocycles. The number of halogens is 2. The number of aromatic nitrogens is 4. The summed E-state index contributed by atoms with van der Waals surface area (Å²) in [5, 5.41) is 15.1. The van der Waals surface area contributed by atoms with Gasteiger partial charge in [-0.1, -0.05) is 59.6 Å². The SMILES string of the molecule is O=c1ccc(-c2c(-c3ccc(Cl)c(Cl)c3)n[nH]c2-c2ccccc2)n[nH]1. The molecule has 0 unspecified atom stereocenters. The Morgan fingerprint density at radius 3 is 2.27 bits per heavy atom. The van der Waals surface area contributed by atoms with Crippen LogP contribution in [0.25, 0.3) is 33.8 Å². The molecule has 26 heavy (non-hydrogen) atoms. The summed E-state index contributed by atoms with van der Waals surface area (Å²) in [5.74, 6) is 0. The van der Waals surface area contributed by atoms with Crippen molar-refractivity contribution in [2.75, 3.05) is 0 Å².